The van der Waals surface area contributed by atoms with E-state index in [4.69, 9.17) is 4.18 Å². The van der Waals surface area contributed by atoms with Crippen molar-refractivity contribution in [2.45, 2.75) is 83.8 Å². The van der Waals surface area contributed by atoms with Gasteiger partial charge in [-0.3, -0.25) is 4.18 Å². The molecule has 1 N–H and O–H groups in total. The third-order valence-corrected chi connectivity index (χ3v) is 9.25. The molecule has 4 aliphatic rings. The zero-order valence-corrected chi connectivity index (χ0v) is 19.1. The van der Waals surface area contributed by atoms with Crippen molar-refractivity contribution in [3.63, 3.8) is 0 Å². The minimum Gasteiger partial charge on any atom is -0.726 e. The van der Waals surface area contributed by atoms with Gasteiger partial charge in [0, 0.05) is 0 Å². The Kier molecular flexibility index (Phi) is 6.02. The summed E-state index contributed by atoms with van der Waals surface area (Å²) in [6.45, 7) is 4.59. The largest absolute Gasteiger partial charge is 1.00 e. The fraction of sp³-hybridized carbons (Fsp3) is 1.00. The summed E-state index contributed by atoms with van der Waals surface area (Å²) >= 11 is 0. The number of aliphatic hydroxyl groups is 1. The van der Waals surface area contributed by atoms with Crippen molar-refractivity contribution in [3.05, 3.63) is 0 Å². The molecule has 4 fully saturated rings. The van der Waals surface area contributed by atoms with E-state index in [1.807, 2.05) is 0 Å². The molecule has 3 unspecified atom stereocenters. The Bertz CT molecular complexity index is 640. The zero-order chi connectivity index (χ0) is 18.0. The Balaban J connectivity index is 0.00000196. The maximum absolute atomic E-state index is 11.2. The molecular weight excluding hydrogens is 363 g/mol. The molecule has 7 heteroatoms. The van der Waals surface area contributed by atoms with E-state index >= 15 is 0 Å². The fourth-order valence-electron chi connectivity index (χ4n) is 7.49. The van der Waals surface area contributed by atoms with Crippen LogP contribution in [0.2, 0.25) is 0 Å². The van der Waals surface area contributed by atoms with Gasteiger partial charge in [0.2, 0.25) is 10.4 Å². The molecule has 8 atom stereocenters. The minimum atomic E-state index is -4.64. The molecule has 4 saturated carbocycles. The Morgan fingerprint density at radius 2 is 1.62 bits per heavy atom. The van der Waals surface area contributed by atoms with Crippen molar-refractivity contribution >= 4 is 10.4 Å². The number of aliphatic hydroxyl groups excluding tert-OH is 1. The molecule has 0 aromatic rings. The molecule has 0 aromatic carbocycles. The summed E-state index contributed by atoms with van der Waals surface area (Å²) in [7, 11) is -4.64. The van der Waals surface area contributed by atoms with Crippen LogP contribution in [0.1, 0.15) is 71.6 Å². The van der Waals surface area contributed by atoms with Gasteiger partial charge in [0.1, 0.15) is 0 Å². The average Bonchev–Trinajstić information content (AvgIpc) is 2.83. The molecule has 0 spiro atoms. The summed E-state index contributed by atoms with van der Waals surface area (Å²) in [5.74, 6) is 2.36. The van der Waals surface area contributed by atoms with Gasteiger partial charge in [-0.05, 0) is 92.3 Å². The van der Waals surface area contributed by atoms with E-state index < -0.39 is 16.5 Å². The summed E-state index contributed by atoms with van der Waals surface area (Å²) < 4.78 is 38.4. The first-order chi connectivity index (χ1) is 11.6. The van der Waals surface area contributed by atoms with Crippen molar-refractivity contribution < 1.29 is 51.8 Å². The number of fused-ring (bicyclic) bond motifs is 5. The third kappa shape index (κ3) is 3.46. The molecule has 0 amide bonds. The number of rotatable bonds is 2. The smallest absolute Gasteiger partial charge is 0.726 e. The van der Waals surface area contributed by atoms with Gasteiger partial charge >= 0.3 is 29.6 Å². The number of hydrogen-bond donors (Lipinski definition) is 1. The average molecular weight is 395 g/mol. The van der Waals surface area contributed by atoms with Crippen LogP contribution in [0.5, 0.6) is 0 Å². The monoisotopic (exact) mass is 394 g/mol. The van der Waals surface area contributed by atoms with E-state index in [0.29, 0.717) is 35.5 Å². The first-order valence-corrected chi connectivity index (χ1v) is 11.3. The van der Waals surface area contributed by atoms with E-state index in [0.717, 1.165) is 38.5 Å². The molecule has 26 heavy (non-hydrogen) atoms. The van der Waals surface area contributed by atoms with Crippen molar-refractivity contribution in [1.82, 2.24) is 0 Å². The maximum atomic E-state index is 11.2. The van der Waals surface area contributed by atoms with Gasteiger partial charge in [0.05, 0.1) is 12.2 Å². The molecule has 4 aliphatic carbocycles. The Hall–Kier alpha value is 0.830. The van der Waals surface area contributed by atoms with Crippen molar-refractivity contribution in [1.29, 1.82) is 0 Å². The van der Waals surface area contributed by atoms with Gasteiger partial charge in [-0.15, -0.1) is 0 Å². The van der Waals surface area contributed by atoms with E-state index in [1.54, 1.807) is 0 Å². The van der Waals surface area contributed by atoms with Crippen LogP contribution in [0.3, 0.4) is 0 Å². The quantitative estimate of drug-likeness (QED) is 0.412. The topological polar surface area (TPSA) is 86.7 Å². The summed E-state index contributed by atoms with van der Waals surface area (Å²) in [5, 5.41) is 10.1. The summed E-state index contributed by atoms with van der Waals surface area (Å²) in [5.41, 5.74) is 0.128. The van der Waals surface area contributed by atoms with Crippen LogP contribution in [0, 0.1) is 34.5 Å². The Labute approximate surface area is 179 Å². The second kappa shape index (κ2) is 7.26. The molecule has 0 radical (unpaired) electrons. The molecule has 0 aliphatic heterocycles. The molecule has 0 aromatic heterocycles. The van der Waals surface area contributed by atoms with Gasteiger partial charge in [-0.25, -0.2) is 8.42 Å². The van der Waals surface area contributed by atoms with Gasteiger partial charge < -0.3 is 9.66 Å². The van der Waals surface area contributed by atoms with Crippen molar-refractivity contribution in [2.24, 2.45) is 34.5 Å². The van der Waals surface area contributed by atoms with Gasteiger partial charge in [0.25, 0.3) is 0 Å². The first kappa shape index (κ1) is 21.5. The molecule has 144 valence electrons. The zero-order valence-electron chi connectivity index (χ0n) is 16.3. The SMILES string of the molecule is C[C@]12CCC3C(CC[C@H]4C[C@@H](O)CC[C@]34C)C1CC[C@@H]2OS(=O)(=O)[O-].[Na+]. The van der Waals surface area contributed by atoms with E-state index in [2.05, 4.69) is 13.8 Å². The fourth-order valence-corrected chi connectivity index (χ4v) is 8.09. The van der Waals surface area contributed by atoms with Gasteiger partial charge in [-0.1, -0.05) is 13.8 Å². The second-order valence-electron chi connectivity index (χ2n) is 9.70. The van der Waals surface area contributed by atoms with Crippen LogP contribution in [-0.4, -0.2) is 30.3 Å². The summed E-state index contributed by atoms with van der Waals surface area (Å²) in [6.07, 6.45) is 8.45. The van der Waals surface area contributed by atoms with Crippen LogP contribution in [-0.2, 0) is 14.6 Å². The molecule has 0 heterocycles. The van der Waals surface area contributed by atoms with Crippen molar-refractivity contribution in [3.8, 4) is 0 Å². The van der Waals surface area contributed by atoms with E-state index in [9.17, 15) is 18.1 Å². The normalized spacial score (nSPS) is 50.9. The first-order valence-electron chi connectivity index (χ1n) is 9.96. The standard InChI is InChI=1S/C19H32O5S.Na/c1-18-9-7-13(20)11-12(18)3-4-14-15-5-6-17(24-25(21,22)23)19(15,2)10-8-16(14)18;/h12-17,20H,3-11H2,1-2H3,(H,21,22,23);/q;+1/p-1/t12-,13-,14?,15?,16?,17-,18-,19-;/m0./s1. The Morgan fingerprint density at radius 1 is 0.962 bits per heavy atom. The van der Waals surface area contributed by atoms with E-state index in [1.165, 1.54) is 12.8 Å². The predicted molar refractivity (Wildman–Crippen MR) is 92.3 cm³/mol. The Morgan fingerprint density at radius 3 is 2.31 bits per heavy atom. The number of hydrogen-bond acceptors (Lipinski definition) is 5. The molecule has 5 nitrogen and oxygen atoms in total. The van der Waals surface area contributed by atoms with Crippen LogP contribution in [0.25, 0.3) is 0 Å². The van der Waals surface area contributed by atoms with Crippen LogP contribution < -0.4 is 29.6 Å². The van der Waals surface area contributed by atoms with E-state index in [-0.39, 0.29) is 41.1 Å². The predicted octanol–water partition coefficient (Wildman–Crippen LogP) is 0.239. The van der Waals surface area contributed by atoms with Crippen LogP contribution in [0.4, 0.5) is 0 Å². The summed E-state index contributed by atoms with van der Waals surface area (Å²) in [6, 6.07) is 0. The maximum Gasteiger partial charge on any atom is 1.00 e. The minimum absolute atomic E-state index is 0. The molecule has 0 bridgehead atoms. The third-order valence-electron chi connectivity index (χ3n) is 8.79. The van der Waals surface area contributed by atoms with Crippen LogP contribution >= 0.6 is 0 Å². The second-order valence-corrected chi connectivity index (χ2v) is 10.7. The molecular formula is C19H31NaO5S. The summed E-state index contributed by atoms with van der Waals surface area (Å²) in [4.78, 5) is 0. The molecule has 0 saturated heterocycles. The van der Waals surface area contributed by atoms with Gasteiger partial charge in [-0.2, -0.15) is 0 Å². The molecule has 4 rings (SSSR count). The van der Waals surface area contributed by atoms with Gasteiger partial charge in [0.15, 0.2) is 0 Å². The van der Waals surface area contributed by atoms with Crippen LogP contribution in [0.15, 0.2) is 0 Å². The van der Waals surface area contributed by atoms with Crippen molar-refractivity contribution in [2.75, 3.05) is 0 Å².